The van der Waals surface area contributed by atoms with Crippen molar-refractivity contribution < 1.29 is 0 Å². The minimum absolute atomic E-state index is 0.304. The lowest BCUT2D eigenvalue weighted by Crippen LogP contribution is -2.26. The van der Waals surface area contributed by atoms with Gasteiger partial charge in [-0.15, -0.1) is 0 Å². The fourth-order valence-electron chi connectivity index (χ4n) is 1.98. The van der Waals surface area contributed by atoms with Crippen LogP contribution in [0.5, 0.6) is 0 Å². The second kappa shape index (κ2) is 3.98. The van der Waals surface area contributed by atoms with Gasteiger partial charge in [-0.3, -0.25) is 0 Å². The van der Waals surface area contributed by atoms with Crippen LogP contribution in [-0.4, -0.2) is 24.1 Å². The Morgan fingerprint density at radius 2 is 2.38 bits per heavy atom. The van der Waals surface area contributed by atoms with E-state index in [0.717, 1.165) is 34.6 Å². The highest BCUT2D eigenvalue weighted by molar-refractivity contribution is 9.10. The number of aromatic nitrogens is 1. The van der Waals surface area contributed by atoms with E-state index in [9.17, 15) is 0 Å². The topological polar surface area (TPSA) is 42.1 Å². The van der Waals surface area contributed by atoms with E-state index in [1.165, 1.54) is 4.70 Å². The molecule has 2 aromatic rings. The first-order chi connectivity index (χ1) is 7.72. The van der Waals surface area contributed by atoms with E-state index in [1.807, 2.05) is 6.07 Å². The summed E-state index contributed by atoms with van der Waals surface area (Å²) < 4.78 is 2.33. The molecule has 5 heteroatoms. The van der Waals surface area contributed by atoms with Crippen molar-refractivity contribution in [3.8, 4) is 0 Å². The SMILES string of the molecule is NC1CCN(c2nc3ccc(Br)cc3s2)C1. The van der Waals surface area contributed by atoms with E-state index >= 15 is 0 Å². The lowest BCUT2D eigenvalue weighted by Gasteiger charge is -2.12. The quantitative estimate of drug-likeness (QED) is 0.880. The second-order valence-electron chi connectivity index (χ2n) is 4.10. The molecule has 2 heterocycles. The average molecular weight is 298 g/mol. The Bertz CT molecular complexity index is 525. The van der Waals surface area contributed by atoms with Gasteiger partial charge >= 0.3 is 0 Å². The van der Waals surface area contributed by atoms with Crippen molar-refractivity contribution in [2.45, 2.75) is 12.5 Å². The molecule has 1 saturated heterocycles. The molecule has 1 aliphatic heterocycles. The van der Waals surface area contributed by atoms with Gasteiger partial charge in [-0.05, 0) is 24.6 Å². The van der Waals surface area contributed by atoms with Crippen LogP contribution in [0.15, 0.2) is 22.7 Å². The summed E-state index contributed by atoms with van der Waals surface area (Å²) in [7, 11) is 0. The number of nitrogens with zero attached hydrogens (tertiary/aromatic N) is 2. The van der Waals surface area contributed by atoms with Gasteiger partial charge in [0.15, 0.2) is 5.13 Å². The summed E-state index contributed by atoms with van der Waals surface area (Å²) in [6.07, 6.45) is 1.07. The van der Waals surface area contributed by atoms with Gasteiger partial charge in [0.1, 0.15) is 0 Å². The van der Waals surface area contributed by atoms with Gasteiger partial charge in [-0.1, -0.05) is 27.3 Å². The fourth-order valence-corrected chi connectivity index (χ4v) is 3.53. The number of anilines is 1. The molecule has 1 aromatic carbocycles. The zero-order chi connectivity index (χ0) is 11.1. The predicted octanol–water partition coefficient (Wildman–Crippen LogP) is 2.60. The Balaban J connectivity index is 1.99. The third-order valence-electron chi connectivity index (χ3n) is 2.83. The van der Waals surface area contributed by atoms with E-state index in [0.29, 0.717) is 6.04 Å². The van der Waals surface area contributed by atoms with E-state index in [2.05, 4.69) is 37.9 Å². The minimum Gasteiger partial charge on any atom is -0.346 e. The molecule has 84 valence electrons. The molecule has 2 N–H and O–H groups in total. The number of hydrogen-bond acceptors (Lipinski definition) is 4. The normalized spacial score (nSPS) is 20.9. The van der Waals surface area contributed by atoms with Crippen LogP contribution in [0.25, 0.3) is 10.2 Å². The van der Waals surface area contributed by atoms with Crippen molar-refractivity contribution in [3.63, 3.8) is 0 Å². The zero-order valence-corrected chi connectivity index (χ0v) is 11.1. The molecule has 1 atom stereocenters. The zero-order valence-electron chi connectivity index (χ0n) is 8.69. The standard InChI is InChI=1S/C11H12BrN3S/c12-7-1-2-9-10(5-7)16-11(14-9)15-4-3-8(13)6-15/h1-2,5,8H,3-4,6,13H2. The van der Waals surface area contributed by atoms with Crippen LogP contribution < -0.4 is 10.6 Å². The highest BCUT2D eigenvalue weighted by Crippen LogP contribution is 2.32. The minimum atomic E-state index is 0.304. The predicted molar refractivity (Wildman–Crippen MR) is 72.1 cm³/mol. The van der Waals surface area contributed by atoms with Crippen LogP contribution in [0.4, 0.5) is 5.13 Å². The van der Waals surface area contributed by atoms with Gasteiger partial charge in [-0.2, -0.15) is 0 Å². The van der Waals surface area contributed by atoms with E-state index < -0.39 is 0 Å². The van der Waals surface area contributed by atoms with Crippen molar-refractivity contribution in [3.05, 3.63) is 22.7 Å². The van der Waals surface area contributed by atoms with Gasteiger partial charge in [0.05, 0.1) is 10.2 Å². The lowest BCUT2D eigenvalue weighted by atomic mass is 10.3. The van der Waals surface area contributed by atoms with E-state index in [1.54, 1.807) is 11.3 Å². The van der Waals surface area contributed by atoms with Crippen LogP contribution in [0.2, 0.25) is 0 Å². The first-order valence-electron chi connectivity index (χ1n) is 5.29. The first kappa shape index (κ1) is 10.5. The number of nitrogens with two attached hydrogens (primary N) is 1. The third kappa shape index (κ3) is 1.83. The van der Waals surface area contributed by atoms with Gasteiger partial charge in [-0.25, -0.2) is 4.98 Å². The summed E-state index contributed by atoms with van der Waals surface area (Å²) in [6, 6.07) is 6.50. The number of fused-ring (bicyclic) bond motifs is 1. The molecule has 1 unspecified atom stereocenters. The molecule has 0 radical (unpaired) electrons. The molecule has 1 aliphatic rings. The Hall–Kier alpha value is -0.650. The molecule has 1 fully saturated rings. The number of halogens is 1. The van der Waals surface area contributed by atoms with Crippen LogP contribution >= 0.6 is 27.3 Å². The van der Waals surface area contributed by atoms with Crippen molar-refractivity contribution in [2.24, 2.45) is 5.73 Å². The maximum atomic E-state index is 5.91. The van der Waals surface area contributed by atoms with Crippen LogP contribution in [0, 0.1) is 0 Å². The summed E-state index contributed by atoms with van der Waals surface area (Å²) in [5.41, 5.74) is 6.98. The van der Waals surface area contributed by atoms with Gasteiger partial charge in [0.2, 0.25) is 0 Å². The van der Waals surface area contributed by atoms with Gasteiger partial charge in [0, 0.05) is 23.6 Å². The molecular formula is C11H12BrN3S. The Labute approximate surface area is 106 Å². The molecule has 16 heavy (non-hydrogen) atoms. The molecular weight excluding hydrogens is 286 g/mol. The molecule has 0 amide bonds. The molecule has 3 rings (SSSR count). The molecule has 0 bridgehead atoms. The smallest absolute Gasteiger partial charge is 0.186 e. The molecule has 3 nitrogen and oxygen atoms in total. The Morgan fingerprint density at radius 3 is 3.12 bits per heavy atom. The van der Waals surface area contributed by atoms with E-state index in [-0.39, 0.29) is 0 Å². The number of rotatable bonds is 1. The molecule has 0 aliphatic carbocycles. The number of benzene rings is 1. The first-order valence-corrected chi connectivity index (χ1v) is 6.90. The van der Waals surface area contributed by atoms with Crippen molar-refractivity contribution in [1.29, 1.82) is 0 Å². The number of hydrogen-bond donors (Lipinski definition) is 1. The Kier molecular flexibility index (Phi) is 2.61. The summed E-state index contributed by atoms with van der Waals surface area (Å²) >= 11 is 5.22. The van der Waals surface area contributed by atoms with Gasteiger partial charge < -0.3 is 10.6 Å². The van der Waals surface area contributed by atoms with Gasteiger partial charge in [0.25, 0.3) is 0 Å². The van der Waals surface area contributed by atoms with E-state index in [4.69, 9.17) is 5.73 Å². The fraction of sp³-hybridized carbons (Fsp3) is 0.364. The molecule has 1 aromatic heterocycles. The maximum absolute atomic E-state index is 5.91. The largest absolute Gasteiger partial charge is 0.346 e. The summed E-state index contributed by atoms with van der Waals surface area (Å²) in [5, 5.41) is 1.10. The molecule has 0 saturated carbocycles. The van der Waals surface area contributed by atoms with Crippen LogP contribution in [0.3, 0.4) is 0 Å². The second-order valence-corrected chi connectivity index (χ2v) is 6.03. The van der Waals surface area contributed by atoms with Crippen LogP contribution in [-0.2, 0) is 0 Å². The maximum Gasteiger partial charge on any atom is 0.186 e. The third-order valence-corrected chi connectivity index (χ3v) is 4.41. The van der Waals surface area contributed by atoms with Crippen molar-refractivity contribution >= 4 is 42.6 Å². The lowest BCUT2D eigenvalue weighted by molar-refractivity contribution is 0.752. The summed E-state index contributed by atoms with van der Waals surface area (Å²) in [4.78, 5) is 6.92. The number of thiazole rings is 1. The Morgan fingerprint density at radius 1 is 1.50 bits per heavy atom. The molecule has 0 spiro atoms. The monoisotopic (exact) mass is 297 g/mol. The summed E-state index contributed by atoms with van der Waals surface area (Å²) in [6.45, 7) is 1.96. The highest BCUT2D eigenvalue weighted by Gasteiger charge is 2.21. The highest BCUT2D eigenvalue weighted by atomic mass is 79.9. The average Bonchev–Trinajstić information content (AvgIpc) is 2.83. The van der Waals surface area contributed by atoms with Crippen molar-refractivity contribution in [2.75, 3.05) is 18.0 Å². The van der Waals surface area contributed by atoms with Crippen LogP contribution in [0.1, 0.15) is 6.42 Å². The summed E-state index contributed by atoms with van der Waals surface area (Å²) in [5.74, 6) is 0. The van der Waals surface area contributed by atoms with Crippen molar-refractivity contribution in [1.82, 2.24) is 4.98 Å².